The molecule has 0 unspecified atom stereocenters. The maximum Gasteiger partial charge on any atom is 0.574 e. The number of halogens is 3. The standard InChI is InChI=1S/C23H18F3N5O2/c1-12-8-15(4-5-17(12)30-22(32)16-6-7-27-14(3)10-16)21-28-11-18-20(31-21)13(2)9-19(29-18)33-23(24,25)26/h4-11H,1-3H3,(H,30,32). The Morgan fingerprint density at radius 1 is 0.970 bits per heavy atom. The first-order valence-corrected chi connectivity index (χ1v) is 9.84. The van der Waals surface area contributed by atoms with Crippen LogP contribution in [0.3, 0.4) is 0 Å². The zero-order valence-corrected chi connectivity index (χ0v) is 17.9. The number of amides is 1. The number of anilines is 1. The fourth-order valence-electron chi connectivity index (χ4n) is 3.29. The van der Waals surface area contributed by atoms with Crippen LogP contribution in [0, 0.1) is 20.8 Å². The van der Waals surface area contributed by atoms with Gasteiger partial charge in [0.15, 0.2) is 5.82 Å². The Balaban J connectivity index is 1.60. The summed E-state index contributed by atoms with van der Waals surface area (Å²) in [5.41, 5.74) is 4.41. The summed E-state index contributed by atoms with van der Waals surface area (Å²) in [6.07, 6.45) is -1.91. The molecule has 0 saturated heterocycles. The minimum atomic E-state index is -4.83. The molecule has 4 rings (SSSR count). The van der Waals surface area contributed by atoms with Gasteiger partial charge in [-0.25, -0.2) is 15.0 Å². The topological polar surface area (TPSA) is 89.9 Å². The van der Waals surface area contributed by atoms with E-state index in [2.05, 4.69) is 30.0 Å². The number of fused-ring (bicyclic) bond motifs is 1. The number of hydrogen-bond acceptors (Lipinski definition) is 6. The lowest BCUT2D eigenvalue weighted by atomic mass is 10.1. The van der Waals surface area contributed by atoms with Gasteiger partial charge in [0.2, 0.25) is 5.88 Å². The lowest BCUT2D eigenvalue weighted by molar-refractivity contribution is -0.276. The zero-order chi connectivity index (χ0) is 23.8. The van der Waals surface area contributed by atoms with Gasteiger partial charge in [0.1, 0.15) is 5.52 Å². The summed E-state index contributed by atoms with van der Waals surface area (Å²) in [6.45, 7) is 5.27. The molecule has 1 amide bonds. The molecule has 4 aromatic rings. The lowest BCUT2D eigenvalue weighted by Gasteiger charge is -2.12. The Labute approximate surface area is 186 Å². The predicted molar refractivity (Wildman–Crippen MR) is 116 cm³/mol. The summed E-state index contributed by atoms with van der Waals surface area (Å²) in [4.78, 5) is 29.1. The Kier molecular flexibility index (Phi) is 5.67. The number of pyridine rings is 2. The van der Waals surface area contributed by atoms with Gasteiger partial charge in [0.25, 0.3) is 5.91 Å². The number of carbonyl (C=O) groups is 1. The molecule has 33 heavy (non-hydrogen) atoms. The molecule has 0 radical (unpaired) electrons. The largest absolute Gasteiger partial charge is 0.574 e. The number of hydrogen-bond donors (Lipinski definition) is 1. The molecule has 1 aromatic carbocycles. The fourth-order valence-corrected chi connectivity index (χ4v) is 3.29. The molecule has 0 aliphatic heterocycles. The minimum Gasteiger partial charge on any atom is -0.388 e. The van der Waals surface area contributed by atoms with Crippen LogP contribution in [-0.4, -0.2) is 32.2 Å². The molecular formula is C23H18F3N5O2. The van der Waals surface area contributed by atoms with Crippen molar-refractivity contribution in [2.45, 2.75) is 27.1 Å². The van der Waals surface area contributed by atoms with Crippen LogP contribution in [0.15, 0.2) is 48.8 Å². The Morgan fingerprint density at radius 2 is 1.76 bits per heavy atom. The molecule has 7 nitrogen and oxygen atoms in total. The predicted octanol–water partition coefficient (Wildman–Crippen LogP) is 5.16. The van der Waals surface area contributed by atoms with Gasteiger partial charge >= 0.3 is 6.36 Å². The van der Waals surface area contributed by atoms with E-state index in [4.69, 9.17) is 0 Å². The maximum atomic E-state index is 12.5. The molecule has 1 N–H and O–H groups in total. The van der Waals surface area contributed by atoms with Crippen LogP contribution in [0.25, 0.3) is 22.4 Å². The minimum absolute atomic E-state index is 0.186. The van der Waals surface area contributed by atoms with Crippen LogP contribution in [0.4, 0.5) is 18.9 Å². The summed E-state index contributed by atoms with van der Waals surface area (Å²) in [6, 6.07) is 9.83. The third-order valence-corrected chi connectivity index (χ3v) is 4.83. The summed E-state index contributed by atoms with van der Waals surface area (Å²) in [5, 5.41) is 2.87. The third kappa shape index (κ3) is 5.05. The average Bonchev–Trinajstić information content (AvgIpc) is 2.74. The van der Waals surface area contributed by atoms with E-state index in [0.29, 0.717) is 33.7 Å². The van der Waals surface area contributed by atoms with Gasteiger partial charge in [-0.2, -0.15) is 0 Å². The molecule has 0 bridgehead atoms. The van der Waals surface area contributed by atoms with E-state index in [1.54, 1.807) is 37.4 Å². The summed E-state index contributed by atoms with van der Waals surface area (Å²) in [7, 11) is 0. The van der Waals surface area contributed by atoms with Gasteiger partial charge in [0.05, 0.1) is 11.7 Å². The van der Waals surface area contributed by atoms with Crippen molar-refractivity contribution in [2.24, 2.45) is 0 Å². The number of ether oxygens (including phenoxy) is 1. The number of alkyl halides is 3. The molecule has 0 aliphatic rings. The second-order valence-electron chi connectivity index (χ2n) is 7.42. The van der Waals surface area contributed by atoms with E-state index in [0.717, 1.165) is 11.3 Å². The third-order valence-electron chi connectivity index (χ3n) is 4.83. The highest BCUT2D eigenvalue weighted by atomic mass is 19.4. The Hall–Kier alpha value is -4.08. The SMILES string of the molecule is Cc1cc(C(=O)Nc2ccc(-c3ncc4nc(OC(F)(F)F)cc(C)c4n3)cc2C)ccn1. The first-order valence-electron chi connectivity index (χ1n) is 9.84. The summed E-state index contributed by atoms with van der Waals surface area (Å²) >= 11 is 0. The second-order valence-corrected chi connectivity index (χ2v) is 7.42. The van der Waals surface area contributed by atoms with Crippen molar-refractivity contribution < 1.29 is 22.7 Å². The summed E-state index contributed by atoms with van der Waals surface area (Å²) < 4.78 is 41.4. The first kappa shape index (κ1) is 22.1. The molecule has 0 fully saturated rings. The van der Waals surface area contributed by atoms with Crippen molar-refractivity contribution in [3.05, 3.63) is 71.2 Å². The van der Waals surface area contributed by atoms with Gasteiger partial charge in [-0.05, 0) is 62.2 Å². The van der Waals surface area contributed by atoms with E-state index in [-0.39, 0.29) is 11.4 Å². The van der Waals surface area contributed by atoms with Gasteiger partial charge < -0.3 is 10.1 Å². The van der Waals surface area contributed by atoms with Crippen molar-refractivity contribution in [3.63, 3.8) is 0 Å². The lowest BCUT2D eigenvalue weighted by Crippen LogP contribution is -2.18. The van der Waals surface area contributed by atoms with E-state index >= 15 is 0 Å². The van der Waals surface area contributed by atoms with Crippen molar-refractivity contribution in [2.75, 3.05) is 5.32 Å². The van der Waals surface area contributed by atoms with Crippen LogP contribution in [0.5, 0.6) is 5.88 Å². The first-order chi connectivity index (χ1) is 15.6. The van der Waals surface area contributed by atoms with Gasteiger partial charge in [-0.15, -0.1) is 13.2 Å². The normalized spacial score (nSPS) is 11.5. The summed E-state index contributed by atoms with van der Waals surface area (Å²) in [5.74, 6) is -0.441. The van der Waals surface area contributed by atoms with Crippen LogP contribution < -0.4 is 10.1 Å². The zero-order valence-electron chi connectivity index (χ0n) is 17.9. The van der Waals surface area contributed by atoms with Crippen molar-refractivity contribution in [1.82, 2.24) is 19.9 Å². The highest BCUT2D eigenvalue weighted by Gasteiger charge is 2.32. The van der Waals surface area contributed by atoms with E-state index < -0.39 is 12.2 Å². The van der Waals surface area contributed by atoms with Crippen LogP contribution in [0.2, 0.25) is 0 Å². The molecule has 0 aliphatic carbocycles. The monoisotopic (exact) mass is 453 g/mol. The van der Waals surface area contributed by atoms with Crippen LogP contribution in [0.1, 0.15) is 27.2 Å². The highest BCUT2D eigenvalue weighted by molar-refractivity contribution is 6.04. The fraction of sp³-hybridized carbons (Fsp3) is 0.174. The second kappa shape index (κ2) is 8.45. The van der Waals surface area contributed by atoms with E-state index in [1.165, 1.54) is 12.3 Å². The van der Waals surface area contributed by atoms with Crippen molar-refractivity contribution in [3.8, 4) is 17.3 Å². The number of rotatable bonds is 4. The van der Waals surface area contributed by atoms with E-state index in [9.17, 15) is 18.0 Å². The molecule has 10 heteroatoms. The molecule has 0 saturated carbocycles. The number of aromatic nitrogens is 4. The van der Waals surface area contributed by atoms with Gasteiger partial charge in [-0.1, -0.05) is 0 Å². The number of nitrogens with zero attached hydrogens (tertiary/aromatic N) is 4. The molecule has 3 heterocycles. The van der Waals surface area contributed by atoms with Crippen molar-refractivity contribution >= 4 is 22.6 Å². The molecular weight excluding hydrogens is 435 g/mol. The highest BCUT2D eigenvalue weighted by Crippen LogP contribution is 2.28. The van der Waals surface area contributed by atoms with Gasteiger partial charge in [-0.3, -0.25) is 9.78 Å². The molecule has 0 spiro atoms. The van der Waals surface area contributed by atoms with Gasteiger partial charge in [0, 0.05) is 34.8 Å². The van der Waals surface area contributed by atoms with Crippen LogP contribution in [-0.2, 0) is 0 Å². The Bertz CT molecular complexity index is 1370. The smallest absolute Gasteiger partial charge is 0.388 e. The molecule has 168 valence electrons. The molecule has 0 atom stereocenters. The van der Waals surface area contributed by atoms with Crippen LogP contribution >= 0.6 is 0 Å². The number of carbonyl (C=O) groups excluding carboxylic acids is 1. The number of nitrogens with one attached hydrogen (secondary N) is 1. The average molecular weight is 453 g/mol. The molecule has 3 aromatic heterocycles. The Morgan fingerprint density at radius 3 is 2.45 bits per heavy atom. The number of aryl methyl sites for hydroxylation is 3. The van der Waals surface area contributed by atoms with E-state index in [1.807, 2.05) is 19.9 Å². The quantitative estimate of drug-likeness (QED) is 0.459. The number of benzene rings is 1. The maximum absolute atomic E-state index is 12.5. The van der Waals surface area contributed by atoms with Crippen molar-refractivity contribution in [1.29, 1.82) is 0 Å².